The molecule has 0 bridgehead atoms. The van der Waals surface area contributed by atoms with E-state index in [-0.39, 0.29) is 11.8 Å². The van der Waals surface area contributed by atoms with Crippen LogP contribution >= 0.6 is 0 Å². The van der Waals surface area contributed by atoms with Crippen LogP contribution in [0.1, 0.15) is 22.8 Å². The van der Waals surface area contributed by atoms with E-state index in [1.807, 2.05) is 49.4 Å². The maximum Gasteiger partial charge on any atom is 0.251 e. The average molecular weight is 298 g/mol. The maximum atomic E-state index is 12.1. The average Bonchev–Trinajstić information content (AvgIpc) is 2.58. The minimum absolute atomic E-state index is 0.106. The quantitative estimate of drug-likeness (QED) is 0.826. The van der Waals surface area contributed by atoms with Crippen molar-refractivity contribution in [2.75, 3.05) is 13.1 Å². The number of hydrogen-bond donors (Lipinski definition) is 2. The van der Waals surface area contributed by atoms with Crippen molar-refractivity contribution in [3.05, 3.63) is 65.7 Å². The van der Waals surface area contributed by atoms with Crippen LogP contribution in [0.25, 0.3) is 0 Å². The monoisotopic (exact) mass is 298 g/mol. The first-order valence-corrected chi connectivity index (χ1v) is 7.44. The lowest BCUT2D eigenvalue weighted by Crippen LogP contribution is -2.31. The lowest BCUT2D eigenvalue weighted by molar-refractivity contribution is 0.0948. The fourth-order valence-electron chi connectivity index (χ4n) is 1.92. The summed E-state index contributed by atoms with van der Waals surface area (Å²) < 4.78 is 5.73. The Bertz CT molecular complexity index is 599. The Labute approximate surface area is 131 Å². The summed E-state index contributed by atoms with van der Waals surface area (Å²) >= 11 is 0. The molecule has 0 aromatic heterocycles. The van der Waals surface area contributed by atoms with Gasteiger partial charge in [0.05, 0.1) is 0 Å². The molecule has 3 N–H and O–H groups in total. The molecule has 0 aliphatic heterocycles. The molecular weight excluding hydrogens is 276 g/mol. The highest BCUT2D eigenvalue weighted by molar-refractivity contribution is 5.94. The van der Waals surface area contributed by atoms with Crippen LogP contribution in [-0.4, -0.2) is 19.0 Å². The van der Waals surface area contributed by atoms with Crippen molar-refractivity contribution in [3.63, 3.8) is 0 Å². The van der Waals surface area contributed by atoms with Crippen LogP contribution in [0.4, 0.5) is 0 Å². The highest BCUT2D eigenvalue weighted by atomic mass is 16.5. The van der Waals surface area contributed by atoms with Crippen molar-refractivity contribution in [1.82, 2.24) is 5.32 Å². The largest absolute Gasteiger partial charge is 0.489 e. The molecule has 0 fully saturated rings. The second-order valence-corrected chi connectivity index (χ2v) is 5.35. The second-order valence-electron chi connectivity index (χ2n) is 5.35. The maximum absolute atomic E-state index is 12.1. The molecule has 4 nitrogen and oxygen atoms in total. The minimum Gasteiger partial charge on any atom is -0.489 e. The van der Waals surface area contributed by atoms with Gasteiger partial charge in [-0.1, -0.05) is 43.3 Å². The molecule has 2 aromatic rings. The Morgan fingerprint density at radius 2 is 1.95 bits per heavy atom. The van der Waals surface area contributed by atoms with E-state index in [0.717, 1.165) is 5.56 Å². The molecule has 2 rings (SSSR count). The number of ether oxygens (including phenoxy) is 1. The molecular formula is C18H22N2O2. The molecule has 2 aromatic carbocycles. The summed E-state index contributed by atoms with van der Waals surface area (Å²) in [7, 11) is 0. The SMILES string of the molecule is CC(CN)CNC(=O)c1cccc(OCc2ccccc2)c1. The van der Waals surface area contributed by atoms with Gasteiger partial charge in [-0.2, -0.15) is 0 Å². The fraction of sp³-hybridized carbons (Fsp3) is 0.278. The van der Waals surface area contributed by atoms with Gasteiger partial charge in [-0.25, -0.2) is 0 Å². The van der Waals surface area contributed by atoms with Gasteiger partial charge in [0.1, 0.15) is 12.4 Å². The Balaban J connectivity index is 1.93. The Morgan fingerprint density at radius 1 is 1.18 bits per heavy atom. The van der Waals surface area contributed by atoms with Crippen LogP contribution in [0.2, 0.25) is 0 Å². The lowest BCUT2D eigenvalue weighted by Gasteiger charge is -2.11. The number of benzene rings is 2. The number of hydrogen-bond acceptors (Lipinski definition) is 3. The van der Waals surface area contributed by atoms with Crippen LogP contribution in [0.3, 0.4) is 0 Å². The van der Waals surface area contributed by atoms with E-state index in [9.17, 15) is 4.79 Å². The van der Waals surface area contributed by atoms with Crippen LogP contribution in [0.5, 0.6) is 5.75 Å². The van der Waals surface area contributed by atoms with Gasteiger partial charge in [-0.15, -0.1) is 0 Å². The van der Waals surface area contributed by atoms with Crippen molar-refractivity contribution in [2.24, 2.45) is 11.7 Å². The van der Waals surface area contributed by atoms with E-state index in [1.54, 1.807) is 12.1 Å². The van der Waals surface area contributed by atoms with Crippen molar-refractivity contribution in [1.29, 1.82) is 0 Å². The number of nitrogens with two attached hydrogens (primary N) is 1. The summed E-state index contributed by atoms with van der Waals surface area (Å²) in [5, 5.41) is 2.88. The van der Waals surface area contributed by atoms with E-state index in [0.29, 0.717) is 31.0 Å². The van der Waals surface area contributed by atoms with E-state index in [2.05, 4.69) is 5.32 Å². The van der Waals surface area contributed by atoms with Gasteiger partial charge in [0.15, 0.2) is 0 Å². The Kier molecular flexibility index (Phi) is 5.98. The van der Waals surface area contributed by atoms with Crippen molar-refractivity contribution < 1.29 is 9.53 Å². The van der Waals surface area contributed by atoms with E-state index < -0.39 is 0 Å². The molecule has 0 saturated carbocycles. The highest BCUT2D eigenvalue weighted by Crippen LogP contribution is 2.15. The summed E-state index contributed by atoms with van der Waals surface area (Å²) in [6.45, 7) is 3.61. The minimum atomic E-state index is -0.106. The zero-order valence-electron chi connectivity index (χ0n) is 12.8. The zero-order valence-corrected chi connectivity index (χ0v) is 12.8. The fourth-order valence-corrected chi connectivity index (χ4v) is 1.92. The van der Waals surface area contributed by atoms with Gasteiger partial charge < -0.3 is 15.8 Å². The first-order chi connectivity index (χ1) is 10.7. The normalized spacial score (nSPS) is 11.7. The summed E-state index contributed by atoms with van der Waals surface area (Å²) in [4.78, 5) is 12.1. The molecule has 4 heteroatoms. The van der Waals surface area contributed by atoms with Gasteiger partial charge in [-0.3, -0.25) is 4.79 Å². The topological polar surface area (TPSA) is 64.3 Å². The van der Waals surface area contributed by atoms with Crippen LogP contribution in [0.15, 0.2) is 54.6 Å². The van der Waals surface area contributed by atoms with Crippen molar-refractivity contribution in [3.8, 4) is 5.75 Å². The van der Waals surface area contributed by atoms with Crippen LogP contribution in [0, 0.1) is 5.92 Å². The molecule has 0 radical (unpaired) electrons. The summed E-state index contributed by atoms with van der Waals surface area (Å²) in [5.74, 6) is 0.843. The summed E-state index contributed by atoms with van der Waals surface area (Å²) in [6, 6.07) is 17.1. The van der Waals surface area contributed by atoms with Gasteiger partial charge in [0, 0.05) is 12.1 Å². The number of amides is 1. The highest BCUT2D eigenvalue weighted by Gasteiger charge is 2.08. The number of carbonyl (C=O) groups excluding carboxylic acids is 1. The standard InChI is InChI=1S/C18H22N2O2/c1-14(11-19)12-20-18(21)16-8-5-9-17(10-16)22-13-15-6-3-2-4-7-15/h2-10,14H,11-13,19H2,1H3,(H,20,21). The predicted molar refractivity (Wildman–Crippen MR) is 87.8 cm³/mol. The van der Waals surface area contributed by atoms with E-state index in [1.165, 1.54) is 0 Å². The van der Waals surface area contributed by atoms with Crippen molar-refractivity contribution in [2.45, 2.75) is 13.5 Å². The molecule has 0 saturated heterocycles. The first kappa shape index (κ1) is 16.0. The van der Waals surface area contributed by atoms with Gasteiger partial charge in [0.25, 0.3) is 5.91 Å². The number of nitrogens with one attached hydrogen (secondary N) is 1. The first-order valence-electron chi connectivity index (χ1n) is 7.44. The molecule has 22 heavy (non-hydrogen) atoms. The molecule has 0 heterocycles. The molecule has 0 aliphatic rings. The third-order valence-corrected chi connectivity index (χ3v) is 3.36. The molecule has 1 amide bonds. The number of rotatable bonds is 7. The van der Waals surface area contributed by atoms with Crippen LogP contribution in [-0.2, 0) is 6.61 Å². The van der Waals surface area contributed by atoms with Gasteiger partial charge in [0.2, 0.25) is 0 Å². The summed E-state index contributed by atoms with van der Waals surface area (Å²) in [5.41, 5.74) is 7.23. The van der Waals surface area contributed by atoms with Gasteiger partial charge >= 0.3 is 0 Å². The second kappa shape index (κ2) is 8.20. The van der Waals surface area contributed by atoms with Gasteiger partial charge in [-0.05, 0) is 36.2 Å². The summed E-state index contributed by atoms with van der Waals surface area (Å²) in [6.07, 6.45) is 0. The molecule has 1 atom stereocenters. The third kappa shape index (κ3) is 4.90. The Hall–Kier alpha value is -2.33. The van der Waals surface area contributed by atoms with E-state index in [4.69, 9.17) is 10.5 Å². The van der Waals surface area contributed by atoms with Crippen molar-refractivity contribution >= 4 is 5.91 Å². The third-order valence-electron chi connectivity index (χ3n) is 3.36. The molecule has 0 spiro atoms. The number of carbonyl (C=O) groups is 1. The molecule has 0 aliphatic carbocycles. The molecule has 116 valence electrons. The van der Waals surface area contributed by atoms with Crippen LogP contribution < -0.4 is 15.8 Å². The predicted octanol–water partition coefficient (Wildman–Crippen LogP) is 2.59. The Morgan fingerprint density at radius 3 is 2.68 bits per heavy atom. The molecule has 1 unspecified atom stereocenters. The van der Waals surface area contributed by atoms with E-state index >= 15 is 0 Å². The zero-order chi connectivity index (χ0) is 15.8. The lowest BCUT2D eigenvalue weighted by atomic mass is 10.1. The smallest absolute Gasteiger partial charge is 0.251 e.